The number of nitrogens with zero attached hydrogens (tertiary/aromatic N) is 8. The van der Waals surface area contributed by atoms with Crippen LogP contribution in [0.1, 0.15) is 44.3 Å². The average Bonchev–Trinajstić information content (AvgIpc) is 3.73. The van der Waals surface area contributed by atoms with Crippen molar-refractivity contribution in [1.82, 2.24) is 40.0 Å². The van der Waals surface area contributed by atoms with E-state index in [1.54, 1.807) is 22.9 Å². The topological polar surface area (TPSA) is 127 Å². The quantitative estimate of drug-likeness (QED) is 0.291. The largest absolute Gasteiger partial charge is 0.487 e. The van der Waals surface area contributed by atoms with Gasteiger partial charge >= 0.3 is 6.18 Å². The van der Waals surface area contributed by atoms with Gasteiger partial charge in [0.1, 0.15) is 18.2 Å². The molecule has 1 aromatic carbocycles. The van der Waals surface area contributed by atoms with Crippen LogP contribution < -0.4 is 10.1 Å². The highest BCUT2D eigenvalue weighted by atomic mass is 35.5. The third-order valence-corrected chi connectivity index (χ3v) is 7.54. The summed E-state index contributed by atoms with van der Waals surface area (Å²) in [4.78, 5) is 8.49. The van der Waals surface area contributed by atoms with E-state index in [1.807, 2.05) is 6.92 Å². The molecule has 1 N–H and O–H groups in total. The van der Waals surface area contributed by atoms with Crippen LogP contribution in [0.2, 0.25) is 5.02 Å². The second kappa shape index (κ2) is 11.5. The number of aromatic nitrogens is 8. The Morgan fingerprint density at radius 1 is 1.14 bits per heavy atom. The van der Waals surface area contributed by atoms with Crippen molar-refractivity contribution in [3.63, 3.8) is 0 Å². The van der Waals surface area contributed by atoms with Gasteiger partial charge in [0.25, 0.3) is 0 Å². The molecule has 1 atom stereocenters. The average molecular weight is 606 g/mol. The van der Waals surface area contributed by atoms with Gasteiger partial charge in [-0.25, -0.2) is 14.6 Å². The minimum atomic E-state index is -4.66. The summed E-state index contributed by atoms with van der Waals surface area (Å²) in [6, 6.07) is 4.99. The lowest BCUT2D eigenvalue weighted by Crippen LogP contribution is -2.36. The smallest absolute Gasteiger partial charge is 0.437 e. The standard InChI is InChI=1S/C26H27ClF3N9O3/c1-16(13-38-15-33-36-37-38)42-22-10-17(2-3-20(22)27)18-11-31-24(32-12-18)34-21-14-39(35-23(21)26(28,29)30)19-4-6-25(7-5-19)40-8-9-41-25/h2-3,10-12,14-16,19H,4-9,13H2,1H3,(H,31,32,34). The first-order valence-corrected chi connectivity index (χ1v) is 13.8. The van der Waals surface area contributed by atoms with Crippen LogP contribution in [0.25, 0.3) is 11.1 Å². The van der Waals surface area contributed by atoms with Crippen LogP contribution in [0.15, 0.2) is 43.1 Å². The molecule has 0 radical (unpaired) electrons. The third kappa shape index (κ3) is 6.17. The second-order valence-electron chi connectivity index (χ2n) is 10.2. The first kappa shape index (κ1) is 28.3. The molecule has 12 nitrogen and oxygen atoms in total. The first-order chi connectivity index (χ1) is 20.2. The van der Waals surface area contributed by atoms with Gasteiger partial charge in [0.05, 0.1) is 36.5 Å². The summed E-state index contributed by atoms with van der Waals surface area (Å²) in [5.74, 6) is -0.170. The fourth-order valence-corrected chi connectivity index (χ4v) is 5.35. The molecule has 4 aromatic rings. The summed E-state index contributed by atoms with van der Waals surface area (Å²) >= 11 is 6.34. The van der Waals surface area contributed by atoms with E-state index in [2.05, 4.69) is 35.9 Å². The molecule has 6 rings (SSSR count). The van der Waals surface area contributed by atoms with Crippen LogP contribution in [0, 0.1) is 0 Å². The molecular formula is C26H27ClF3N9O3. The van der Waals surface area contributed by atoms with Gasteiger partial charge in [0, 0.05) is 37.0 Å². The van der Waals surface area contributed by atoms with Crippen molar-refractivity contribution < 1.29 is 27.4 Å². The maximum atomic E-state index is 13.9. The fourth-order valence-electron chi connectivity index (χ4n) is 5.19. The molecule has 1 aliphatic heterocycles. The molecule has 1 spiro atoms. The highest BCUT2D eigenvalue weighted by molar-refractivity contribution is 6.32. The van der Waals surface area contributed by atoms with Gasteiger partial charge in [-0.2, -0.15) is 18.3 Å². The number of alkyl halides is 3. The molecular weight excluding hydrogens is 579 g/mol. The molecule has 4 heterocycles. The zero-order chi connectivity index (χ0) is 29.3. The molecule has 3 aromatic heterocycles. The van der Waals surface area contributed by atoms with Gasteiger partial charge in [0.2, 0.25) is 5.95 Å². The van der Waals surface area contributed by atoms with E-state index in [1.165, 1.54) is 29.6 Å². The lowest BCUT2D eigenvalue weighted by molar-refractivity contribution is -0.182. The Balaban J connectivity index is 1.15. The number of tetrazole rings is 1. The SMILES string of the molecule is CC(Cn1cnnn1)Oc1cc(-c2cnc(Nc3cn(C4CCC5(CC4)OCCO5)nc3C(F)(F)F)nc2)ccc1Cl. The zero-order valence-corrected chi connectivity index (χ0v) is 23.2. The second-order valence-corrected chi connectivity index (χ2v) is 10.6. The predicted molar refractivity (Wildman–Crippen MR) is 143 cm³/mol. The number of hydrogen-bond acceptors (Lipinski definition) is 10. The van der Waals surface area contributed by atoms with E-state index in [0.29, 0.717) is 67.3 Å². The van der Waals surface area contributed by atoms with Gasteiger partial charge in [0.15, 0.2) is 11.5 Å². The molecule has 2 aliphatic rings. The minimum absolute atomic E-state index is 0.000321. The third-order valence-electron chi connectivity index (χ3n) is 7.23. The number of nitrogens with one attached hydrogen (secondary N) is 1. The van der Waals surface area contributed by atoms with Crippen LogP contribution in [0.5, 0.6) is 5.75 Å². The molecule has 1 saturated carbocycles. The van der Waals surface area contributed by atoms with Crippen molar-refractivity contribution in [2.24, 2.45) is 0 Å². The number of anilines is 2. The molecule has 1 saturated heterocycles. The number of ether oxygens (including phenoxy) is 3. The molecule has 1 unspecified atom stereocenters. The van der Waals surface area contributed by atoms with E-state index in [4.69, 9.17) is 25.8 Å². The molecule has 0 bridgehead atoms. The molecule has 2 fully saturated rings. The number of benzene rings is 1. The van der Waals surface area contributed by atoms with Crippen molar-refractivity contribution in [2.75, 3.05) is 18.5 Å². The molecule has 1 aliphatic carbocycles. The Hall–Kier alpha value is -3.82. The predicted octanol–water partition coefficient (Wildman–Crippen LogP) is 5.07. The Labute approximate surface area is 243 Å². The number of rotatable bonds is 8. The van der Waals surface area contributed by atoms with Crippen LogP contribution in [0.4, 0.5) is 24.8 Å². The van der Waals surface area contributed by atoms with Crippen LogP contribution in [-0.2, 0) is 22.2 Å². The Bertz CT molecular complexity index is 1500. The van der Waals surface area contributed by atoms with Crippen LogP contribution >= 0.6 is 11.6 Å². The first-order valence-electron chi connectivity index (χ1n) is 13.4. The van der Waals surface area contributed by atoms with E-state index >= 15 is 0 Å². The summed E-state index contributed by atoms with van der Waals surface area (Å²) in [6.45, 7) is 3.34. The summed E-state index contributed by atoms with van der Waals surface area (Å²) in [6.07, 6.45) is 3.29. The van der Waals surface area contributed by atoms with Crippen molar-refractivity contribution in [3.8, 4) is 16.9 Å². The Morgan fingerprint density at radius 3 is 2.55 bits per heavy atom. The van der Waals surface area contributed by atoms with E-state index in [0.717, 1.165) is 0 Å². The summed E-state index contributed by atoms with van der Waals surface area (Å²) in [5, 5.41) is 18.0. The highest BCUT2D eigenvalue weighted by Crippen LogP contribution is 2.42. The Kier molecular flexibility index (Phi) is 7.72. The minimum Gasteiger partial charge on any atom is -0.487 e. The van der Waals surface area contributed by atoms with Crippen molar-refractivity contribution in [3.05, 3.63) is 53.8 Å². The molecule has 16 heteroatoms. The fraction of sp³-hybridized carbons (Fsp3) is 0.462. The molecule has 0 amide bonds. The molecule has 222 valence electrons. The summed E-state index contributed by atoms with van der Waals surface area (Å²) in [5.41, 5.74) is 0.0841. The highest BCUT2D eigenvalue weighted by Gasteiger charge is 2.42. The normalized spacial score (nSPS) is 17.9. The van der Waals surface area contributed by atoms with Crippen molar-refractivity contribution >= 4 is 23.2 Å². The van der Waals surface area contributed by atoms with Crippen molar-refractivity contribution in [2.45, 2.75) is 63.3 Å². The monoisotopic (exact) mass is 605 g/mol. The Morgan fingerprint density at radius 2 is 1.88 bits per heavy atom. The maximum absolute atomic E-state index is 13.9. The van der Waals surface area contributed by atoms with Crippen LogP contribution in [0.3, 0.4) is 0 Å². The van der Waals surface area contributed by atoms with E-state index in [9.17, 15) is 13.2 Å². The van der Waals surface area contributed by atoms with Crippen molar-refractivity contribution in [1.29, 1.82) is 0 Å². The van der Waals surface area contributed by atoms with E-state index < -0.39 is 17.7 Å². The maximum Gasteiger partial charge on any atom is 0.437 e. The number of hydrogen-bond donors (Lipinski definition) is 1. The van der Waals surface area contributed by atoms with Gasteiger partial charge in [-0.05, 0) is 47.9 Å². The van der Waals surface area contributed by atoms with Gasteiger partial charge in [-0.1, -0.05) is 17.7 Å². The lowest BCUT2D eigenvalue weighted by atomic mass is 9.90. The van der Waals surface area contributed by atoms with Gasteiger partial charge in [-0.15, -0.1) is 5.10 Å². The number of halogens is 4. The van der Waals surface area contributed by atoms with Gasteiger partial charge in [-0.3, -0.25) is 4.68 Å². The lowest BCUT2D eigenvalue weighted by Gasteiger charge is -2.35. The summed E-state index contributed by atoms with van der Waals surface area (Å²) in [7, 11) is 0. The zero-order valence-electron chi connectivity index (χ0n) is 22.5. The van der Waals surface area contributed by atoms with Crippen LogP contribution in [-0.4, -0.2) is 65.1 Å². The van der Waals surface area contributed by atoms with Gasteiger partial charge < -0.3 is 19.5 Å². The summed E-state index contributed by atoms with van der Waals surface area (Å²) < 4.78 is 62.0. The van der Waals surface area contributed by atoms with E-state index in [-0.39, 0.29) is 23.8 Å². The molecule has 42 heavy (non-hydrogen) atoms.